The minimum atomic E-state index is -0.658. The highest BCUT2D eigenvalue weighted by atomic mass is 16.5. The zero-order valence-electron chi connectivity index (χ0n) is 12.8. The maximum atomic E-state index is 11.5. The van der Waals surface area contributed by atoms with Crippen LogP contribution in [0.4, 0.5) is 0 Å². The van der Waals surface area contributed by atoms with Gasteiger partial charge < -0.3 is 14.7 Å². The monoisotopic (exact) mass is 284 g/mol. The summed E-state index contributed by atoms with van der Waals surface area (Å²) in [5.41, 5.74) is -0.603. The van der Waals surface area contributed by atoms with Crippen molar-refractivity contribution < 1.29 is 14.6 Å². The highest BCUT2D eigenvalue weighted by Gasteiger charge is 2.37. The van der Waals surface area contributed by atoms with E-state index in [0.717, 1.165) is 58.7 Å². The van der Waals surface area contributed by atoms with E-state index in [1.165, 1.54) is 0 Å². The Morgan fingerprint density at radius 1 is 1.35 bits per heavy atom. The molecule has 0 aromatic rings. The Kier molecular flexibility index (Phi) is 5.41. The summed E-state index contributed by atoms with van der Waals surface area (Å²) in [5, 5.41) is 9.48. The summed E-state index contributed by atoms with van der Waals surface area (Å²) in [5.74, 6) is -0.658. The molecule has 5 nitrogen and oxygen atoms in total. The molecule has 0 saturated carbocycles. The molecule has 2 aliphatic heterocycles. The predicted molar refractivity (Wildman–Crippen MR) is 77.9 cm³/mol. The molecular weight excluding hydrogens is 256 g/mol. The third kappa shape index (κ3) is 3.71. The van der Waals surface area contributed by atoms with E-state index in [2.05, 4.69) is 16.7 Å². The van der Waals surface area contributed by atoms with E-state index in [1.54, 1.807) is 0 Å². The van der Waals surface area contributed by atoms with Crippen molar-refractivity contribution in [2.24, 2.45) is 5.41 Å². The zero-order chi connectivity index (χ0) is 14.6. The standard InChI is InChI=1S/C15H28N2O3/c1-3-5-15(2,14(18)19)12-16-6-4-13(11-16)17-7-9-20-10-8-17/h13H,3-12H2,1-2H3,(H,18,19). The normalized spacial score (nSPS) is 28.4. The van der Waals surface area contributed by atoms with E-state index in [9.17, 15) is 9.90 Å². The SMILES string of the molecule is CCCC(C)(CN1CCC(N2CCOCC2)C1)C(=O)O. The van der Waals surface area contributed by atoms with Gasteiger partial charge in [0.2, 0.25) is 0 Å². The largest absolute Gasteiger partial charge is 0.481 e. The lowest BCUT2D eigenvalue weighted by Gasteiger charge is -2.33. The van der Waals surface area contributed by atoms with Gasteiger partial charge in [0.1, 0.15) is 0 Å². The van der Waals surface area contributed by atoms with Gasteiger partial charge in [-0.15, -0.1) is 0 Å². The molecule has 2 saturated heterocycles. The number of nitrogens with zero attached hydrogens (tertiary/aromatic N) is 2. The van der Waals surface area contributed by atoms with Crippen molar-refractivity contribution in [2.45, 2.75) is 39.2 Å². The number of carboxylic acid groups (broad SMARTS) is 1. The van der Waals surface area contributed by atoms with Gasteiger partial charge in [0, 0.05) is 32.2 Å². The molecule has 2 unspecified atom stereocenters. The van der Waals surface area contributed by atoms with Gasteiger partial charge in [0.25, 0.3) is 0 Å². The molecule has 0 amide bonds. The van der Waals surface area contributed by atoms with E-state index in [-0.39, 0.29) is 0 Å². The molecular formula is C15H28N2O3. The van der Waals surface area contributed by atoms with Gasteiger partial charge >= 0.3 is 5.97 Å². The molecule has 116 valence electrons. The Hall–Kier alpha value is -0.650. The van der Waals surface area contributed by atoms with Crippen LogP contribution >= 0.6 is 0 Å². The second-order valence-electron chi connectivity index (χ2n) is 6.44. The number of aliphatic carboxylic acids is 1. The third-order valence-corrected chi connectivity index (χ3v) is 4.70. The Balaban J connectivity index is 1.86. The van der Waals surface area contributed by atoms with Crippen molar-refractivity contribution in [1.82, 2.24) is 9.80 Å². The Bertz CT molecular complexity index is 331. The third-order valence-electron chi connectivity index (χ3n) is 4.70. The van der Waals surface area contributed by atoms with Gasteiger partial charge in [0.05, 0.1) is 18.6 Å². The number of carboxylic acids is 1. The van der Waals surface area contributed by atoms with Crippen LogP contribution < -0.4 is 0 Å². The topological polar surface area (TPSA) is 53.0 Å². The van der Waals surface area contributed by atoms with Crippen molar-refractivity contribution in [3.63, 3.8) is 0 Å². The first kappa shape index (κ1) is 15.7. The number of carbonyl (C=O) groups is 1. The van der Waals surface area contributed by atoms with Gasteiger partial charge in [-0.3, -0.25) is 9.69 Å². The number of likely N-dealkylation sites (tertiary alicyclic amines) is 1. The average Bonchev–Trinajstić information content (AvgIpc) is 2.88. The number of ether oxygens (including phenoxy) is 1. The van der Waals surface area contributed by atoms with Crippen molar-refractivity contribution in [2.75, 3.05) is 45.9 Å². The van der Waals surface area contributed by atoms with Crippen LogP contribution in [-0.4, -0.2) is 72.9 Å². The van der Waals surface area contributed by atoms with Crippen LogP contribution in [0.25, 0.3) is 0 Å². The van der Waals surface area contributed by atoms with Crippen LogP contribution in [0.3, 0.4) is 0 Å². The molecule has 2 heterocycles. The Morgan fingerprint density at radius 3 is 2.65 bits per heavy atom. The zero-order valence-corrected chi connectivity index (χ0v) is 12.8. The summed E-state index contributed by atoms with van der Waals surface area (Å²) >= 11 is 0. The van der Waals surface area contributed by atoms with E-state index in [0.29, 0.717) is 12.6 Å². The molecule has 0 bridgehead atoms. The second kappa shape index (κ2) is 6.87. The van der Waals surface area contributed by atoms with Crippen LogP contribution in [0.15, 0.2) is 0 Å². The number of rotatable bonds is 6. The smallest absolute Gasteiger partial charge is 0.310 e. The molecule has 0 aliphatic carbocycles. The van der Waals surface area contributed by atoms with E-state index in [1.807, 2.05) is 6.92 Å². The molecule has 1 N–H and O–H groups in total. The predicted octanol–water partition coefficient (Wildman–Crippen LogP) is 1.28. The summed E-state index contributed by atoms with van der Waals surface area (Å²) in [6.45, 7) is 10.4. The van der Waals surface area contributed by atoms with Crippen molar-refractivity contribution in [3.8, 4) is 0 Å². The fraction of sp³-hybridized carbons (Fsp3) is 0.933. The first-order valence-corrected chi connectivity index (χ1v) is 7.83. The van der Waals surface area contributed by atoms with Crippen molar-refractivity contribution in [3.05, 3.63) is 0 Å². The van der Waals surface area contributed by atoms with E-state index < -0.39 is 11.4 Å². The first-order chi connectivity index (χ1) is 9.55. The first-order valence-electron chi connectivity index (χ1n) is 7.83. The van der Waals surface area contributed by atoms with Gasteiger partial charge in [-0.2, -0.15) is 0 Å². The molecule has 0 aromatic heterocycles. The molecule has 0 spiro atoms. The minimum absolute atomic E-state index is 0.582. The van der Waals surface area contributed by atoms with Gasteiger partial charge in [-0.05, 0) is 26.3 Å². The highest BCUT2D eigenvalue weighted by molar-refractivity contribution is 5.74. The number of morpholine rings is 1. The molecule has 2 rings (SSSR count). The van der Waals surface area contributed by atoms with Gasteiger partial charge in [-0.25, -0.2) is 0 Å². The van der Waals surface area contributed by atoms with E-state index >= 15 is 0 Å². The second-order valence-corrected chi connectivity index (χ2v) is 6.44. The molecule has 5 heteroatoms. The summed E-state index contributed by atoms with van der Waals surface area (Å²) in [7, 11) is 0. The van der Waals surface area contributed by atoms with Crippen LogP contribution in [0.5, 0.6) is 0 Å². The lowest BCUT2D eigenvalue weighted by molar-refractivity contribution is -0.149. The highest BCUT2D eigenvalue weighted by Crippen LogP contribution is 2.28. The van der Waals surface area contributed by atoms with Crippen molar-refractivity contribution in [1.29, 1.82) is 0 Å². The van der Waals surface area contributed by atoms with Crippen molar-refractivity contribution >= 4 is 5.97 Å². The summed E-state index contributed by atoms with van der Waals surface area (Å²) < 4.78 is 5.40. The molecule has 2 fully saturated rings. The molecule has 0 radical (unpaired) electrons. The quantitative estimate of drug-likeness (QED) is 0.796. The summed E-state index contributed by atoms with van der Waals surface area (Å²) in [6, 6.07) is 0.582. The number of hydrogen-bond acceptors (Lipinski definition) is 4. The number of hydrogen-bond donors (Lipinski definition) is 1. The van der Waals surface area contributed by atoms with Crippen LogP contribution in [0.1, 0.15) is 33.1 Å². The molecule has 2 atom stereocenters. The van der Waals surface area contributed by atoms with Gasteiger partial charge in [0.15, 0.2) is 0 Å². The average molecular weight is 284 g/mol. The lowest BCUT2D eigenvalue weighted by Crippen LogP contribution is -2.46. The van der Waals surface area contributed by atoms with Crippen LogP contribution in [0, 0.1) is 5.41 Å². The minimum Gasteiger partial charge on any atom is -0.481 e. The molecule has 20 heavy (non-hydrogen) atoms. The van der Waals surface area contributed by atoms with Crippen LogP contribution in [-0.2, 0) is 9.53 Å². The Morgan fingerprint density at radius 2 is 2.05 bits per heavy atom. The summed E-state index contributed by atoms with van der Waals surface area (Å²) in [6.07, 6.45) is 2.83. The van der Waals surface area contributed by atoms with Gasteiger partial charge in [-0.1, -0.05) is 13.3 Å². The fourth-order valence-electron chi connectivity index (χ4n) is 3.50. The Labute approximate surface area is 121 Å². The fourth-order valence-corrected chi connectivity index (χ4v) is 3.50. The maximum absolute atomic E-state index is 11.5. The lowest BCUT2D eigenvalue weighted by atomic mass is 9.85. The van der Waals surface area contributed by atoms with Crippen LogP contribution in [0.2, 0.25) is 0 Å². The maximum Gasteiger partial charge on any atom is 0.310 e. The molecule has 0 aromatic carbocycles. The van der Waals surface area contributed by atoms with E-state index in [4.69, 9.17) is 4.74 Å². The summed E-state index contributed by atoms with van der Waals surface area (Å²) in [4.78, 5) is 16.4. The molecule has 2 aliphatic rings.